The number of nitrogens with one attached hydrogen (secondary N) is 1. The highest BCUT2D eigenvalue weighted by molar-refractivity contribution is 5.80. The molecule has 3 nitrogen and oxygen atoms in total. The zero-order valence-electron chi connectivity index (χ0n) is 7.18. The van der Waals surface area contributed by atoms with E-state index in [0.29, 0.717) is 5.92 Å². The van der Waals surface area contributed by atoms with Crippen molar-refractivity contribution in [3.63, 3.8) is 0 Å². The van der Waals surface area contributed by atoms with E-state index in [1.54, 1.807) is 0 Å². The van der Waals surface area contributed by atoms with Gasteiger partial charge >= 0.3 is 5.97 Å². The summed E-state index contributed by atoms with van der Waals surface area (Å²) < 4.78 is 0. The average Bonchev–Trinajstić information content (AvgIpc) is 2.48. The number of hydrogen-bond donors (Lipinski definition) is 2. The SMILES string of the molecule is O=C(O)[C@@]12CCC[C@H]1CCCN2. The molecule has 2 N–H and O–H groups in total. The molecule has 0 radical (unpaired) electrons. The zero-order chi connectivity index (χ0) is 8.60. The summed E-state index contributed by atoms with van der Waals surface area (Å²) in [6.45, 7) is 0.878. The standard InChI is InChI=1S/C9H15NO2/c11-8(12)9-5-1-3-7(9)4-2-6-10-9/h7,10H,1-6H2,(H,11,12)/t7-,9+/m0/s1. The first-order valence-electron chi connectivity index (χ1n) is 4.74. The highest BCUT2D eigenvalue weighted by Crippen LogP contribution is 2.40. The van der Waals surface area contributed by atoms with Gasteiger partial charge in [0.15, 0.2) is 0 Å². The van der Waals surface area contributed by atoms with Crippen LogP contribution in [0.3, 0.4) is 0 Å². The number of piperidine rings is 1. The molecule has 68 valence electrons. The summed E-state index contributed by atoms with van der Waals surface area (Å²) in [7, 11) is 0. The second-order valence-corrected chi connectivity index (χ2v) is 3.93. The number of fused-ring (bicyclic) bond motifs is 1. The Morgan fingerprint density at radius 2 is 2.17 bits per heavy atom. The Labute approximate surface area is 72.2 Å². The van der Waals surface area contributed by atoms with E-state index in [-0.39, 0.29) is 0 Å². The number of rotatable bonds is 1. The number of carboxylic acids is 1. The van der Waals surface area contributed by atoms with Crippen molar-refractivity contribution in [1.29, 1.82) is 0 Å². The predicted molar refractivity (Wildman–Crippen MR) is 44.9 cm³/mol. The van der Waals surface area contributed by atoms with E-state index in [1.807, 2.05) is 0 Å². The number of hydrogen-bond acceptors (Lipinski definition) is 2. The molecule has 2 rings (SSSR count). The van der Waals surface area contributed by atoms with E-state index in [9.17, 15) is 4.79 Å². The fourth-order valence-corrected chi connectivity index (χ4v) is 2.72. The second-order valence-electron chi connectivity index (χ2n) is 3.93. The van der Waals surface area contributed by atoms with Crippen LogP contribution in [0.1, 0.15) is 32.1 Å². The molecule has 0 aromatic rings. The minimum Gasteiger partial charge on any atom is -0.480 e. The molecular formula is C9H15NO2. The quantitative estimate of drug-likeness (QED) is 0.615. The van der Waals surface area contributed by atoms with Crippen LogP contribution in [-0.2, 0) is 4.79 Å². The molecular weight excluding hydrogens is 154 g/mol. The van der Waals surface area contributed by atoms with Crippen LogP contribution in [0.15, 0.2) is 0 Å². The highest BCUT2D eigenvalue weighted by Gasteiger charge is 2.49. The monoisotopic (exact) mass is 169 g/mol. The van der Waals surface area contributed by atoms with Gasteiger partial charge in [-0.05, 0) is 38.1 Å². The molecule has 0 amide bonds. The lowest BCUT2D eigenvalue weighted by atomic mass is 9.81. The Morgan fingerprint density at radius 3 is 2.83 bits per heavy atom. The van der Waals surface area contributed by atoms with Crippen molar-refractivity contribution < 1.29 is 9.90 Å². The molecule has 0 unspecified atom stereocenters. The Morgan fingerprint density at radius 1 is 1.42 bits per heavy atom. The molecule has 2 fully saturated rings. The first kappa shape index (κ1) is 8.05. The maximum atomic E-state index is 11.1. The second kappa shape index (κ2) is 2.73. The van der Waals surface area contributed by atoms with Gasteiger partial charge < -0.3 is 10.4 Å². The first-order valence-corrected chi connectivity index (χ1v) is 4.74. The minimum atomic E-state index is -0.635. The third-order valence-electron chi connectivity index (χ3n) is 3.37. The van der Waals surface area contributed by atoms with Crippen LogP contribution in [0.2, 0.25) is 0 Å². The van der Waals surface area contributed by atoms with Crippen molar-refractivity contribution in [3.8, 4) is 0 Å². The van der Waals surface area contributed by atoms with Gasteiger partial charge in [-0.15, -0.1) is 0 Å². The molecule has 12 heavy (non-hydrogen) atoms. The van der Waals surface area contributed by atoms with Gasteiger partial charge in [-0.25, -0.2) is 0 Å². The van der Waals surface area contributed by atoms with Crippen LogP contribution >= 0.6 is 0 Å². The van der Waals surface area contributed by atoms with Gasteiger partial charge in [0, 0.05) is 0 Å². The van der Waals surface area contributed by atoms with Crippen molar-refractivity contribution in [2.45, 2.75) is 37.6 Å². The molecule has 0 spiro atoms. The third kappa shape index (κ3) is 0.959. The van der Waals surface area contributed by atoms with Gasteiger partial charge in [-0.3, -0.25) is 4.79 Å². The average molecular weight is 169 g/mol. The van der Waals surface area contributed by atoms with Crippen LogP contribution in [0.5, 0.6) is 0 Å². The molecule has 2 atom stereocenters. The van der Waals surface area contributed by atoms with Crippen LogP contribution in [0.4, 0.5) is 0 Å². The summed E-state index contributed by atoms with van der Waals surface area (Å²) in [6.07, 6.45) is 5.23. The van der Waals surface area contributed by atoms with E-state index < -0.39 is 11.5 Å². The van der Waals surface area contributed by atoms with E-state index in [2.05, 4.69) is 5.32 Å². The summed E-state index contributed by atoms with van der Waals surface area (Å²) in [5.41, 5.74) is -0.543. The van der Waals surface area contributed by atoms with Crippen LogP contribution in [0, 0.1) is 5.92 Å². The first-order chi connectivity index (χ1) is 5.76. The topological polar surface area (TPSA) is 49.3 Å². The van der Waals surface area contributed by atoms with E-state index in [4.69, 9.17) is 5.11 Å². The molecule has 3 heteroatoms. The highest BCUT2D eigenvalue weighted by atomic mass is 16.4. The smallest absolute Gasteiger partial charge is 0.324 e. The van der Waals surface area contributed by atoms with Crippen molar-refractivity contribution in [3.05, 3.63) is 0 Å². The number of carbonyl (C=O) groups is 1. The molecule has 0 aromatic heterocycles. The minimum absolute atomic E-state index is 0.392. The Bertz CT molecular complexity index is 205. The summed E-state index contributed by atoms with van der Waals surface area (Å²) in [6, 6.07) is 0. The maximum absolute atomic E-state index is 11.1. The Hall–Kier alpha value is -0.570. The molecule has 0 bridgehead atoms. The predicted octanol–water partition coefficient (Wildman–Crippen LogP) is 0.993. The Kier molecular flexibility index (Phi) is 1.83. The molecule has 1 saturated heterocycles. The van der Waals surface area contributed by atoms with E-state index >= 15 is 0 Å². The van der Waals surface area contributed by atoms with Gasteiger partial charge in [0.1, 0.15) is 5.54 Å². The molecule has 1 heterocycles. The molecule has 1 saturated carbocycles. The summed E-state index contributed by atoms with van der Waals surface area (Å²) >= 11 is 0. The normalized spacial score (nSPS) is 40.8. The largest absolute Gasteiger partial charge is 0.480 e. The molecule has 2 aliphatic rings. The van der Waals surface area contributed by atoms with Gasteiger partial charge in [0.25, 0.3) is 0 Å². The van der Waals surface area contributed by atoms with Crippen molar-refractivity contribution >= 4 is 5.97 Å². The molecule has 0 aromatic carbocycles. The van der Waals surface area contributed by atoms with Crippen LogP contribution in [0.25, 0.3) is 0 Å². The van der Waals surface area contributed by atoms with Gasteiger partial charge in [-0.2, -0.15) is 0 Å². The lowest BCUT2D eigenvalue weighted by Gasteiger charge is -2.36. The maximum Gasteiger partial charge on any atom is 0.324 e. The zero-order valence-corrected chi connectivity index (χ0v) is 7.18. The number of carboxylic acid groups (broad SMARTS) is 1. The number of aliphatic carboxylic acids is 1. The van der Waals surface area contributed by atoms with Crippen molar-refractivity contribution in [2.24, 2.45) is 5.92 Å². The van der Waals surface area contributed by atoms with Crippen LogP contribution in [-0.4, -0.2) is 23.2 Å². The summed E-state index contributed by atoms with van der Waals surface area (Å²) in [5.74, 6) is -0.242. The van der Waals surface area contributed by atoms with Crippen LogP contribution < -0.4 is 5.32 Å². The Balaban J connectivity index is 2.23. The van der Waals surface area contributed by atoms with Gasteiger partial charge in [0.2, 0.25) is 0 Å². The van der Waals surface area contributed by atoms with Crippen molar-refractivity contribution in [1.82, 2.24) is 5.32 Å². The van der Waals surface area contributed by atoms with Gasteiger partial charge in [0.05, 0.1) is 0 Å². The third-order valence-corrected chi connectivity index (χ3v) is 3.37. The lowest BCUT2D eigenvalue weighted by molar-refractivity contribution is -0.147. The van der Waals surface area contributed by atoms with E-state index in [0.717, 1.165) is 38.6 Å². The van der Waals surface area contributed by atoms with Crippen molar-refractivity contribution in [2.75, 3.05) is 6.54 Å². The van der Waals surface area contributed by atoms with E-state index in [1.165, 1.54) is 0 Å². The summed E-state index contributed by atoms with van der Waals surface area (Å²) in [5, 5.41) is 12.3. The fraction of sp³-hybridized carbons (Fsp3) is 0.889. The molecule has 1 aliphatic carbocycles. The summed E-state index contributed by atoms with van der Waals surface area (Å²) in [4.78, 5) is 11.1. The fourth-order valence-electron chi connectivity index (χ4n) is 2.72. The van der Waals surface area contributed by atoms with Gasteiger partial charge in [-0.1, -0.05) is 6.42 Å². The lowest BCUT2D eigenvalue weighted by Crippen LogP contribution is -2.57. The molecule has 1 aliphatic heterocycles.